The number of carbonyl (C=O) groups is 1. The van der Waals surface area contributed by atoms with Gasteiger partial charge in [-0.05, 0) is 48.8 Å². The second kappa shape index (κ2) is 12.4. The van der Waals surface area contributed by atoms with Crippen LogP contribution < -0.4 is 4.74 Å². The minimum atomic E-state index is -4.74. The van der Waals surface area contributed by atoms with Crippen LogP contribution in [-0.2, 0) is 17.7 Å². The zero-order valence-corrected chi connectivity index (χ0v) is 18.3. The van der Waals surface area contributed by atoms with Crippen LogP contribution in [0, 0.1) is 0 Å². The van der Waals surface area contributed by atoms with E-state index >= 15 is 0 Å². The third kappa shape index (κ3) is 8.10. The number of hydrogen-bond donors (Lipinski definition) is 0. The summed E-state index contributed by atoms with van der Waals surface area (Å²) in [6.45, 7) is 8.70. The molecule has 2 aromatic rings. The molecule has 0 radical (unpaired) electrons. The lowest BCUT2D eigenvalue weighted by Crippen LogP contribution is -2.32. The molecule has 1 amide bonds. The third-order valence-corrected chi connectivity index (χ3v) is 4.41. The average molecular weight is 461 g/mol. The van der Waals surface area contributed by atoms with Gasteiger partial charge in [-0.25, -0.2) is 9.97 Å². The number of benzene rings is 1. The molecule has 0 spiro atoms. The van der Waals surface area contributed by atoms with Gasteiger partial charge in [-0.1, -0.05) is 19.1 Å². The van der Waals surface area contributed by atoms with Gasteiger partial charge in [0.25, 0.3) is 5.91 Å². The molecule has 0 saturated heterocycles. The zero-order valence-electron chi connectivity index (χ0n) is 18.3. The molecule has 0 bridgehead atoms. The normalized spacial score (nSPS) is 14.1. The van der Waals surface area contributed by atoms with Crippen LogP contribution in [0.25, 0.3) is 0 Å². The first-order valence-electron chi connectivity index (χ1n) is 10.3. The first-order valence-corrected chi connectivity index (χ1v) is 10.3. The molecular weight excluding hydrogens is 435 g/mol. The summed E-state index contributed by atoms with van der Waals surface area (Å²) in [6, 6.07) is 6.88. The number of aromatic nitrogens is 2. The molecule has 2 heterocycles. The van der Waals surface area contributed by atoms with E-state index in [-0.39, 0.29) is 18.2 Å². The second-order valence-corrected chi connectivity index (χ2v) is 6.74. The van der Waals surface area contributed by atoms with Crippen molar-refractivity contribution in [3.8, 4) is 5.75 Å². The molecule has 1 aromatic carbocycles. The molecule has 33 heavy (non-hydrogen) atoms. The average Bonchev–Trinajstić information content (AvgIpc) is 2.94. The summed E-state index contributed by atoms with van der Waals surface area (Å²) in [7, 11) is 0. The summed E-state index contributed by atoms with van der Waals surface area (Å²) in [5, 5.41) is 0. The van der Waals surface area contributed by atoms with E-state index in [0.29, 0.717) is 43.1 Å². The number of amides is 1. The van der Waals surface area contributed by atoms with Crippen molar-refractivity contribution in [3.63, 3.8) is 0 Å². The number of ether oxygens (including phenoxy) is 2. The largest absolute Gasteiger partial charge is 0.573 e. The fourth-order valence-electron chi connectivity index (χ4n) is 3.06. The Morgan fingerprint density at radius 2 is 2.00 bits per heavy atom. The number of hydrogen-bond acceptors (Lipinski definition) is 5. The highest BCUT2D eigenvalue weighted by atomic mass is 19.4. The summed E-state index contributed by atoms with van der Waals surface area (Å²) in [6.07, 6.45) is 3.40. The Balaban J connectivity index is 0.00000187. The Morgan fingerprint density at radius 3 is 2.67 bits per heavy atom. The van der Waals surface area contributed by atoms with Gasteiger partial charge in [0.15, 0.2) is 0 Å². The van der Waals surface area contributed by atoms with Gasteiger partial charge in [0.05, 0.1) is 18.7 Å². The molecule has 0 N–H and O–H groups in total. The maximum absolute atomic E-state index is 13.0. The Hall–Kier alpha value is -3.62. The Labute approximate surface area is 191 Å². The van der Waals surface area contributed by atoms with Crippen molar-refractivity contribution >= 4 is 5.91 Å². The standard InChI is InChI=1S/C22H22F3N3O3.C2H4/c1-2-5-17(31-22(23,24)25)7-3-6-16-8-9-19-18(14-16)21(29)28(12-13-30-19)15-20-26-10-4-11-27-20;1-2/h3-5,7-11,14H,2,6,12-13,15H2,1H3;1-2H2/b7-3-,17-5+;. The molecule has 0 aliphatic carbocycles. The summed E-state index contributed by atoms with van der Waals surface area (Å²) >= 11 is 0. The van der Waals surface area contributed by atoms with E-state index < -0.39 is 6.36 Å². The maximum Gasteiger partial charge on any atom is 0.573 e. The van der Waals surface area contributed by atoms with Crippen LogP contribution >= 0.6 is 0 Å². The van der Waals surface area contributed by atoms with Gasteiger partial charge in [-0.2, -0.15) is 0 Å². The van der Waals surface area contributed by atoms with Crippen LogP contribution in [-0.4, -0.2) is 40.3 Å². The maximum atomic E-state index is 13.0. The second-order valence-electron chi connectivity index (χ2n) is 6.74. The molecule has 3 rings (SSSR count). The lowest BCUT2D eigenvalue weighted by atomic mass is 10.1. The van der Waals surface area contributed by atoms with Gasteiger partial charge in [0.1, 0.15) is 23.9 Å². The van der Waals surface area contributed by atoms with Crippen LogP contribution in [0.3, 0.4) is 0 Å². The van der Waals surface area contributed by atoms with Gasteiger partial charge in [0, 0.05) is 12.4 Å². The minimum Gasteiger partial charge on any atom is -0.491 e. The Morgan fingerprint density at radius 1 is 1.27 bits per heavy atom. The summed E-state index contributed by atoms with van der Waals surface area (Å²) < 4.78 is 47.1. The summed E-state index contributed by atoms with van der Waals surface area (Å²) in [5.41, 5.74) is 1.16. The third-order valence-electron chi connectivity index (χ3n) is 4.41. The van der Waals surface area contributed by atoms with Crippen molar-refractivity contribution in [1.29, 1.82) is 0 Å². The van der Waals surface area contributed by atoms with Crippen LogP contribution in [0.15, 0.2) is 73.8 Å². The number of alkyl halides is 3. The van der Waals surface area contributed by atoms with Crippen LogP contribution in [0.4, 0.5) is 13.2 Å². The fourth-order valence-corrected chi connectivity index (χ4v) is 3.06. The van der Waals surface area contributed by atoms with Gasteiger partial charge < -0.3 is 14.4 Å². The molecule has 0 fully saturated rings. The number of fused-ring (bicyclic) bond motifs is 1. The van der Waals surface area contributed by atoms with E-state index in [0.717, 1.165) is 5.56 Å². The van der Waals surface area contributed by atoms with Gasteiger partial charge >= 0.3 is 6.36 Å². The van der Waals surface area contributed by atoms with Crippen molar-refractivity contribution in [2.45, 2.75) is 32.7 Å². The molecule has 1 aliphatic rings. The molecule has 0 unspecified atom stereocenters. The molecule has 1 aromatic heterocycles. The Kier molecular flexibility index (Phi) is 9.65. The zero-order chi connectivity index (χ0) is 24.3. The van der Waals surface area contributed by atoms with Crippen LogP contribution in [0.1, 0.15) is 35.1 Å². The SMILES string of the molecule is C=C.CC/C=C(\C=C/Cc1ccc2c(c1)C(=O)N(Cc1ncccn1)CCO2)OC(F)(F)F. The number of rotatable bonds is 7. The summed E-state index contributed by atoms with van der Waals surface area (Å²) in [4.78, 5) is 23.0. The molecule has 0 saturated carbocycles. The smallest absolute Gasteiger partial charge is 0.491 e. The van der Waals surface area contributed by atoms with E-state index in [1.165, 1.54) is 12.2 Å². The van der Waals surface area contributed by atoms with E-state index in [2.05, 4.69) is 27.9 Å². The predicted octanol–water partition coefficient (Wildman–Crippen LogP) is 5.24. The molecule has 176 valence electrons. The van der Waals surface area contributed by atoms with Crippen molar-refractivity contribution < 1.29 is 27.4 Å². The van der Waals surface area contributed by atoms with Crippen molar-refractivity contribution in [2.75, 3.05) is 13.2 Å². The number of halogens is 3. The van der Waals surface area contributed by atoms with Crippen LogP contribution in [0.2, 0.25) is 0 Å². The molecular formula is C24H26F3N3O3. The summed E-state index contributed by atoms with van der Waals surface area (Å²) in [5.74, 6) is 0.524. The van der Waals surface area contributed by atoms with E-state index in [4.69, 9.17) is 4.74 Å². The van der Waals surface area contributed by atoms with Gasteiger partial charge in [-0.3, -0.25) is 4.79 Å². The fraction of sp³-hybridized carbons (Fsp3) is 0.292. The Bertz CT molecular complexity index is 976. The van der Waals surface area contributed by atoms with Crippen molar-refractivity contribution in [1.82, 2.24) is 14.9 Å². The van der Waals surface area contributed by atoms with Crippen LogP contribution in [0.5, 0.6) is 5.75 Å². The topological polar surface area (TPSA) is 64.6 Å². The quantitative estimate of drug-likeness (QED) is 0.320. The van der Waals surface area contributed by atoms with E-state index in [1.54, 1.807) is 54.6 Å². The van der Waals surface area contributed by atoms with E-state index in [1.807, 2.05) is 0 Å². The monoisotopic (exact) mass is 461 g/mol. The lowest BCUT2D eigenvalue weighted by Gasteiger charge is -2.18. The molecule has 0 atom stereocenters. The molecule has 6 nitrogen and oxygen atoms in total. The highest BCUT2D eigenvalue weighted by Gasteiger charge is 2.31. The first-order chi connectivity index (χ1) is 15.9. The van der Waals surface area contributed by atoms with E-state index in [9.17, 15) is 18.0 Å². The minimum absolute atomic E-state index is 0.210. The van der Waals surface area contributed by atoms with Crippen molar-refractivity contribution in [3.05, 3.63) is 90.8 Å². The highest BCUT2D eigenvalue weighted by Crippen LogP contribution is 2.26. The van der Waals surface area contributed by atoms with Crippen molar-refractivity contribution in [2.24, 2.45) is 0 Å². The highest BCUT2D eigenvalue weighted by molar-refractivity contribution is 5.97. The lowest BCUT2D eigenvalue weighted by molar-refractivity contribution is -0.303. The molecule has 1 aliphatic heterocycles. The molecule has 9 heteroatoms. The number of nitrogens with zero attached hydrogens (tertiary/aromatic N) is 3. The first kappa shape index (κ1) is 25.6. The number of carbonyl (C=O) groups excluding carboxylic acids is 1. The predicted molar refractivity (Wildman–Crippen MR) is 118 cm³/mol. The van der Waals surface area contributed by atoms with Gasteiger partial charge in [-0.15, -0.1) is 26.3 Å². The number of allylic oxidation sites excluding steroid dienone is 3. The van der Waals surface area contributed by atoms with Gasteiger partial charge in [0.2, 0.25) is 0 Å².